The van der Waals surface area contributed by atoms with E-state index < -0.39 is 5.82 Å². The number of aromatic amines is 1. The number of nitrogens with one attached hydrogen (secondary N) is 2. The van der Waals surface area contributed by atoms with E-state index in [9.17, 15) is 14.0 Å². The third-order valence-electron chi connectivity index (χ3n) is 4.65. The Morgan fingerprint density at radius 1 is 1.31 bits per heavy atom. The van der Waals surface area contributed by atoms with Crippen LogP contribution in [0.4, 0.5) is 4.39 Å². The van der Waals surface area contributed by atoms with Gasteiger partial charge in [-0.1, -0.05) is 27.2 Å². The lowest BCUT2D eigenvalue weighted by molar-refractivity contribution is -0.122. The van der Waals surface area contributed by atoms with E-state index in [2.05, 4.69) is 41.5 Å². The van der Waals surface area contributed by atoms with E-state index >= 15 is 0 Å². The van der Waals surface area contributed by atoms with Gasteiger partial charge in [0.15, 0.2) is 0 Å². The standard InChI is InChI=1S/C18H26FN5O2/c1-5-12(11(2)3)8-16(25)20-6-7-24(4)18(26)14-9-13(19)10-15-17(14)22-23-21-15/h9-12H,5-8H2,1-4H3,(H,20,25)(H,21,22,23)/t12-/m1/s1. The van der Waals surface area contributed by atoms with Crippen molar-refractivity contribution < 1.29 is 14.0 Å². The van der Waals surface area contributed by atoms with Crippen LogP contribution in [-0.4, -0.2) is 52.3 Å². The fourth-order valence-electron chi connectivity index (χ4n) is 2.91. The third-order valence-corrected chi connectivity index (χ3v) is 4.65. The topological polar surface area (TPSA) is 91.0 Å². The average Bonchev–Trinajstić information content (AvgIpc) is 3.06. The SMILES string of the molecule is CC[C@H](CC(=O)NCCN(C)C(=O)c1cc(F)cc2n[nH]nc12)C(C)C. The summed E-state index contributed by atoms with van der Waals surface area (Å²) in [6, 6.07) is 2.37. The highest BCUT2D eigenvalue weighted by atomic mass is 19.1. The summed E-state index contributed by atoms with van der Waals surface area (Å²) >= 11 is 0. The van der Waals surface area contributed by atoms with Crippen molar-refractivity contribution in [2.75, 3.05) is 20.1 Å². The number of hydrogen-bond acceptors (Lipinski definition) is 4. The highest BCUT2D eigenvalue weighted by molar-refractivity contribution is 6.04. The third kappa shape index (κ3) is 4.77. The number of carbonyl (C=O) groups excluding carboxylic acids is 2. The van der Waals surface area contributed by atoms with Crippen LogP contribution in [0.2, 0.25) is 0 Å². The minimum Gasteiger partial charge on any atom is -0.354 e. The normalized spacial score (nSPS) is 12.4. The van der Waals surface area contributed by atoms with Crippen LogP contribution >= 0.6 is 0 Å². The Kier molecular flexibility index (Phi) is 6.65. The van der Waals surface area contributed by atoms with Crippen molar-refractivity contribution >= 4 is 22.8 Å². The van der Waals surface area contributed by atoms with Gasteiger partial charge < -0.3 is 10.2 Å². The molecule has 0 bridgehead atoms. The second kappa shape index (κ2) is 8.73. The Hall–Kier alpha value is -2.51. The Balaban J connectivity index is 1.91. The predicted octanol–water partition coefficient (Wildman–Crippen LogP) is 2.36. The maximum absolute atomic E-state index is 13.7. The van der Waals surface area contributed by atoms with Gasteiger partial charge in [0, 0.05) is 32.6 Å². The first-order valence-corrected chi connectivity index (χ1v) is 8.85. The number of amides is 2. The molecule has 2 rings (SSSR count). The Bertz CT molecular complexity index is 774. The van der Waals surface area contributed by atoms with Crippen molar-refractivity contribution in [3.05, 3.63) is 23.5 Å². The molecule has 0 fully saturated rings. The van der Waals surface area contributed by atoms with Crippen LogP contribution in [0.15, 0.2) is 12.1 Å². The summed E-state index contributed by atoms with van der Waals surface area (Å²) in [4.78, 5) is 26.0. The molecule has 0 radical (unpaired) electrons. The molecule has 1 aromatic carbocycles. The zero-order chi connectivity index (χ0) is 19.3. The number of benzene rings is 1. The second-order valence-electron chi connectivity index (χ2n) is 6.84. The molecule has 1 heterocycles. The van der Waals surface area contributed by atoms with Crippen LogP contribution in [-0.2, 0) is 4.79 Å². The lowest BCUT2D eigenvalue weighted by Crippen LogP contribution is -2.37. The van der Waals surface area contributed by atoms with Crippen molar-refractivity contribution in [3.63, 3.8) is 0 Å². The molecule has 0 spiro atoms. The number of aromatic nitrogens is 3. The summed E-state index contributed by atoms with van der Waals surface area (Å²) in [6.07, 6.45) is 1.44. The molecule has 0 aliphatic rings. The molecule has 0 aliphatic carbocycles. The van der Waals surface area contributed by atoms with Crippen LogP contribution in [0.5, 0.6) is 0 Å². The number of nitrogens with zero attached hydrogens (tertiary/aromatic N) is 3. The smallest absolute Gasteiger partial charge is 0.256 e. The van der Waals surface area contributed by atoms with Gasteiger partial charge >= 0.3 is 0 Å². The number of hydrogen-bond donors (Lipinski definition) is 2. The van der Waals surface area contributed by atoms with Crippen LogP contribution in [0, 0.1) is 17.7 Å². The minimum atomic E-state index is -0.546. The van der Waals surface area contributed by atoms with E-state index in [1.807, 2.05) is 0 Å². The molecule has 0 aliphatic heterocycles. The van der Waals surface area contributed by atoms with Gasteiger partial charge in [-0.2, -0.15) is 15.4 Å². The second-order valence-corrected chi connectivity index (χ2v) is 6.84. The monoisotopic (exact) mass is 363 g/mol. The Morgan fingerprint density at radius 3 is 2.69 bits per heavy atom. The van der Waals surface area contributed by atoms with Crippen molar-refractivity contribution in [3.8, 4) is 0 Å². The molecule has 2 amide bonds. The van der Waals surface area contributed by atoms with E-state index in [-0.39, 0.29) is 17.4 Å². The fourth-order valence-corrected chi connectivity index (χ4v) is 2.91. The number of carbonyl (C=O) groups is 2. The van der Waals surface area contributed by atoms with Crippen LogP contribution < -0.4 is 5.32 Å². The summed E-state index contributed by atoms with van der Waals surface area (Å²) < 4.78 is 13.7. The first kappa shape index (κ1) is 19.8. The molecule has 7 nitrogen and oxygen atoms in total. The summed E-state index contributed by atoms with van der Waals surface area (Å²) in [5, 5.41) is 13.0. The summed E-state index contributed by atoms with van der Waals surface area (Å²) in [5.74, 6) is -0.131. The molecule has 142 valence electrons. The quantitative estimate of drug-likeness (QED) is 0.753. The fraction of sp³-hybridized carbons (Fsp3) is 0.556. The molecular formula is C18H26FN5O2. The van der Waals surface area contributed by atoms with E-state index in [0.29, 0.717) is 42.4 Å². The molecule has 26 heavy (non-hydrogen) atoms. The maximum atomic E-state index is 13.7. The van der Waals surface area contributed by atoms with Gasteiger partial charge in [0.2, 0.25) is 5.91 Å². The average molecular weight is 363 g/mol. The largest absolute Gasteiger partial charge is 0.354 e. The van der Waals surface area contributed by atoms with Gasteiger partial charge in [0.25, 0.3) is 5.91 Å². The number of rotatable bonds is 8. The first-order valence-electron chi connectivity index (χ1n) is 8.85. The molecule has 0 unspecified atom stereocenters. The molecule has 1 atom stereocenters. The molecule has 0 saturated carbocycles. The van der Waals surface area contributed by atoms with Crippen LogP contribution in [0.1, 0.15) is 44.0 Å². The van der Waals surface area contributed by atoms with Gasteiger partial charge in [0.1, 0.15) is 16.9 Å². The van der Waals surface area contributed by atoms with Gasteiger partial charge in [0.05, 0.1) is 5.56 Å². The summed E-state index contributed by atoms with van der Waals surface area (Å²) in [5.41, 5.74) is 0.776. The van der Waals surface area contributed by atoms with E-state index in [0.717, 1.165) is 12.5 Å². The van der Waals surface area contributed by atoms with E-state index in [1.165, 1.54) is 11.0 Å². The van der Waals surface area contributed by atoms with Crippen molar-refractivity contribution in [2.45, 2.75) is 33.6 Å². The van der Waals surface area contributed by atoms with Gasteiger partial charge in [-0.3, -0.25) is 9.59 Å². The Morgan fingerprint density at radius 2 is 2.04 bits per heavy atom. The zero-order valence-electron chi connectivity index (χ0n) is 15.7. The molecule has 2 aromatic rings. The number of fused-ring (bicyclic) bond motifs is 1. The highest BCUT2D eigenvalue weighted by Gasteiger charge is 2.19. The zero-order valence-corrected chi connectivity index (χ0v) is 15.7. The van der Waals surface area contributed by atoms with Crippen LogP contribution in [0.3, 0.4) is 0 Å². The lowest BCUT2D eigenvalue weighted by Gasteiger charge is -2.20. The van der Waals surface area contributed by atoms with Gasteiger partial charge in [-0.05, 0) is 17.9 Å². The van der Waals surface area contributed by atoms with E-state index in [4.69, 9.17) is 0 Å². The molecular weight excluding hydrogens is 337 g/mol. The van der Waals surface area contributed by atoms with Crippen molar-refractivity contribution in [2.24, 2.45) is 11.8 Å². The highest BCUT2D eigenvalue weighted by Crippen LogP contribution is 2.19. The summed E-state index contributed by atoms with van der Waals surface area (Å²) in [6.45, 7) is 6.95. The first-order chi connectivity index (χ1) is 12.3. The van der Waals surface area contributed by atoms with Gasteiger partial charge in [-0.15, -0.1) is 0 Å². The summed E-state index contributed by atoms with van der Waals surface area (Å²) in [7, 11) is 1.61. The lowest BCUT2D eigenvalue weighted by atomic mass is 9.90. The van der Waals surface area contributed by atoms with Crippen molar-refractivity contribution in [1.29, 1.82) is 0 Å². The predicted molar refractivity (Wildman–Crippen MR) is 97.1 cm³/mol. The molecule has 2 N–H and O–H groups in total. The van der Waals surface area contributed by atoms with Crippen molar-refractivity contribution in [1.82, 2.24) is 25.6 Å². The number of H-pyrrole nitrogens is 1. The van der Waals surface area contributed by atoms with Crippen LogP contribution in [0.25, 0.3) is 11.0 Å². The molecule has 0 saturated heterocycles. The molecule has 8 heteroatoms. The minimum absolute atomic E-state index is 0.0175. The number of halogens is 1. The van der Waals surface area contributed by atoms with E-state index in [1.54, 1.807) is 7.05 Å². The number of likely N-dealkylation sites (N-methyl/N-ethyl adjacent to an activating group) is 1. The van der Waals surface area contributed by atoms with Gasteiger partial charge in [-0.25, -0.2) is 4.39 Å². The Labute approximate surface area is 152 Å². The maximum Gasteiger partial charge on any atom is 0.256 e. The molecule has 1 aromatic heterocycles.